The first-order chi connectivity index (χ1) is 17.2. The molecule has 2 aliphatic heterocycles. The van der Waals surface area contributed by atoms with Crippen molar-refractivity contribution in [1.29, 1.82) is 0 Å². The van der Waals surface area contributed by atoms with Crippen LogP contribution in [-0.2, 0) is 14.3 Å². The average molecular weight is 493 g/mol. The van der Waals surface area contributed by atoms with Crippen LogP contribution in [0, 0.1) is 10.1 Å². The monoisotopic (exact) mass is 492 g/mol. The number of para-hydroxylation sites is 1. The molecule has 4 rings (SSSR count). The SMILES string of the molecule is CC1=C(C(=O)O)C(c2cccc([N+](=O)[O-])c2)C(C(=O)OC(C)CC2CCOc3ccccc32)=C(C)N1. The Bertz CT molecular complexity index is 1280. The fourth-order valence-electron chi connectivity index (χ4n) is 5.06. The molecule has 0 saturated heterocycles. The molecule has 0 amide bonds. The zero-order valence-corrected chi connectivity index (χ0v) is 20.3. The van der Waals surface area contributed by atoms with Gasteiger partial charge in [-0.3, -0.25) is 10.1 Å². The lowest BCUT2D eigenvalue weighted by atomic mass is 9.80. The number of carbonyl (C=O) groups is 2. The summed E-state index contributed by atoms with van der Waals surface area (Å²) in [5, 5.41) is 24.3. The van der Waals surface area contributed by atoms with Gasteiger partial charge in [-0.05, 0) is 56.7 Å². The molecule has 2 aliphatic rings. The van der Waals surface area contributed by atoms with Crippen molar-refractivity contribution in [3.8, 4) is 5.75 Å². The molecular formula is C27H28N2O7. The van der Waals surface area contributed by atoms with Crippen LogP contribution in [0.3, 0.4) is 0 Å². The first-order valence-corrected chi connectivity index (χ1v) is 11.8. The van der Waals surface area contributed by atoms with Crippen molar-refractivity contribution in [2.45, 2.75) is 51.6 Å². The molecule has 0 fully saturated rings. The van der Waals surface area contributed by atoms with Crippen LogP contribution in [-0.4, -0.2) is 34.7 Å². The molecule has 3 atom stereocenters. The third-order valence-electron chi connectivity index (χ3n) is 6.63. The zero-order valence-electron chi connectivity index (χ0n) is 20.3. The Labute approximate surface area is 208 Å². The number of carboxylic acids is 1. The molecule has 2 aromatic carbocycles. The van der Waals surface area contributed by atoms with Crippen LogP contribution < -0.4 is 10.1 Å². The normalized spacial score (nSPS) is 20.1. The van der Waals surface area contributed by atoms with E-state index in [4.69, 9.17) is 9.47 Å². The molecule has 36 heavy (non-hydrogen) atoms. The Morgan fingerprint density at radius 3 is 2.61 bits per heavy atom. The summed E-state index contributed by atoms with van der Waals surface area (Å²) in [6.07, 6.45) is 0.914. The zero-order chi connectivity index (χ0) is 26.0. The molecule has 9 nitrogen and oxygen atoms in total. The van der Waals surface area contributed by atoms with Gasteiger partial charge in [0, 0.05) is 23.5 Å². The van der Waals surface area contributed by atoms with Gasteiger partial charge in [0.2, 0.25) is 0 Å². The predicted octanol–water partition coefficient (Wildman–Crippen LogP) is 4.80. The number of nitrogens with zero attached hydrogens (tertiary/aromatic N) is 1. The number of nitro benzene ring substituents is 1. The van der Waals surface area contributed by atoms with Gasteiger partial charge in [-0.2, -0.15) is 0 Å². The van der Waals surface area contributed by atoms with E-state index in [1.54, 1.807) is 19.9 Å². The highest BCUT2D eigenvalue weighted by molar-refractivity contribution is 5.99. The van der Waals surface area contributed by atoms with Gasteiger partial charge in [-0.25, -0.2) is 9.59 Å². The van der Waals surface area contributed by atoms with E-state index in [2.05, 4.69) is 5.32 Å². The summed E-state index contributed by atoms with van der Waals surface area (Å²) in [5.41, 5.74) is 2.09. The molecule has 3 unspecified atom stereocenters. The van der Waals surface area contributed by atoms with E-state index in [0.29, 0.717) is 30.0 Å². The molecule has 0 aliphatic carbocycles. The number of esters is 1. The Balaban J connectivity index is 1.62. The van der Waals surface area contributed by atoms with Gasteiger partial charge in [0.25, 0.3) is 5.69 Å². The molecule has 0 bridgehead atoms. The lowest BCUT2D eigenvalue weighted by molar-refractivity contribution is -0.384. The van der Waals surface area contributed by atoms with Crippen LogP contribution in [0.25, 0.3) is 0 Å². The van der Waals surface area contributed by atoms with Crippen molar-refractivity contribution < 1.29 is 29.1 Å². The van der Waals surface area contributed by atoms with Crippen molar-refractivity contribution in [3.05, 3.63) is 92.3 Å². The van der Waals surface area contributed by atoms with Crippen LogP contribution in [0.15, 0.2) is 71.1 Å². The molecule has 2 N–H and O–H groups in total. The van der Waals surface area contributed by atoms with Gasteiger partial charge in [0.15, 0.2) is 0 Å². The second kappa shape index (κ2) is 10.2. The lowest BCUT2D eigenvalue weighted by Crippen LogP contribution is -2.33. The summed E-state index contributed by atoms with van der Waals surface area (Å²) in [4.78, 5) is 36.5. The number of fused-ring (bicyclic) bond motifs is 1. The number of nitrogens with one attached hydrogen (secondary N) is 1. The lowest BCUT2D eigenvalue weighted by Gasteiger charge is -2.31. The van der Waals surface area contributed by atoms with Gasteiger partial charge in [-0.1, -0.05) is 30.3 Å². The van der Waals surface area contributed by atoms with Crippen molar-refractivity contribution in [2.75, 3.05) is 6.61 Å². The number of non-ortho nitro benzene ring substituents is 1. The number of benzene rings is 2. The summed E-state index contributed by atoms with van der Waals surface area (Å²) < 4.78 is 11.6. The van der Waals surface area contributed by atoms with Crippen LogP contribution in [0.2, 0.25) is 0 Å². The molecule has 0 radical (unpaired) electrons. The molecule has 0 aromatic heterocycles. The molecule has 0 saturated carbocycles. The molecule has 0 spiro atoms. The van der Waals surface area contributed by atoms with Gasteiger partial charge in [0.05, 0.1) is 34.7 Å². The van der Waals surface area contributed by atoms with Gasteiger partial charge in [-0.15, -0.1) is 0 Å². The Hall–Kier alpha value is -4.14. The first kappa shape index (κ1) is 25.0. The number of allylic oxidation sites excluding steroid dienone is 2. The largest absolute Gasteiger partial charge is 0.493 e. The van der Waals surface area contributed by atoms with Gasteiger partial charge >= 0.3 is 11.9 Å². The summed E-state index contributed by atoms with van der Waals surface area (Å²) >= 11 is 0. The second-order valence-electron chi connectivity index (χ2n) is 9.12. The highest BCUT2D eigenvalue weighted by Crippen LogP contribution is 2.41. The molecule has 9 heteroatoms. The third-order valence-corrected chi connectivity index (χ3v) is 6.63. The number of carboxylic acid groups (broad SMARTS) is 1. The number of dihydropyridines is 1. The van der Waals surface area contributed by atoms with Crippen molar-refractivity contribution in [3.63, 3.8) is 0 Å². The minimum Gasteiger partial charge on any atom is -0.493 e. The van der Waals surface area contributed by atoms with Crippen molar-refractivity contribution in [2.24, 2.45) is 0 Å². The van der Waals surface area contributed by atoms with E-state index < -0.39 is 28.9 Å². The third kappa shape index (κ3) is 4.95. The molecule has 2 aromatic rings. The summed E-state index contributed by atoms with van der Waals surface area (Å²) in [6, 6.07) is 13.5. The quantitative estimate of drug-likeness (QED) is 0.320. The van der Waals surface area contributed by atoms with E-state index in [9.17, 15) is 24.8 Å². The summed E-state index contributed by atoms with van der Waals surface area (Å²) in [6.45, 7) is 5.66. The Morgan fingerprint density at radius 1 is 1.17 bits per heavy atom. The molecule has 2 heterocycles. The number of ether oxygens (including phenoxy) is 2. The molecular weight excluding hydrogens is 464 g/mol. The van der Waals surface area contributed by atoms with E-state index in [-0.39, 0.29) is 22.8 Å². The van der Waals surface area contributed by atoms with Gasteiger partial charge in [0.1, 0.15) is 5.75 Å². The number of rotatable bonds is 7. The van der Waals surface area contributed by atoms with Crippen LogP contribution in [0.4, 0.5) is 5.69 Å². The van der Waals surface area contributed by atoms with E-state index in [1.807, 2.05) is 31.2 Å². The molecule has 188 valence electrons. The highest BCUT2D eigenvalue weighted by atomic mass is 16.6. The van der Waals surface area contributed by atoms with Crippen LogP contribution in [0.5, 0.6) is 5.75 Å². The topological polar surface area (TPSA) is 128 Å². The van der Waals surface area contributed by atoms with Crippen molar-refractivity contribution in [1.82, 2.24) is 5.32 Å². The first-order valence-electron chi connectivity index (χ1n) is 11.8. The fourth-order valence-corrected chi connectivity index (χ4v) is 5.06. The maximum absolute atomic E-state index is 13.5. The number of aliphatic carboxylic acids is 1. The van der Waals surface area contributed by atoms with E-state index in [0.717, 1.165) is 17.7 Å². The van der Waals surface area contributed by atoms with E-state index >= 15 is 0 Å². The minimum absolute atomic E-state index is 0.0564. The highest BCUT2D eigenvalue weighted by Gasteiger charge is 2.38. The van der Waals surface area contributed by atoms with Crippen LogP contribution >= 0.6 is 0 Å². The number of hydrogen-bond acceptors (Lipinski definition) is 7. The average Bonchev–Trinajstić information content (AvgIpc) is 2.83. The van der Waals surface area contributed by atoms with Crippen molar-refractivity contribution >= 4 is 17.6 Å². The smallest absolute Gasteiger partial charge is 0.337 e. The van der Waals surface area contributed by atoms with Crippen LogP contribution in [0.1, 0.15) is 56.6 Å². The number of carbonyl (C=O) groups excluding carboxylic acids is 1. The number of hydrogen-bond donors (Lipinski definition) is 2. The summed E-state index contributed by atoms with van der Waals surface area (Å²) in [7, 11) is 0. The fraction of sp³-hybridized carbons (Fsp3) is 0.333. The Kier molecular flexibility index (Phi) is 7.10. The maximum Gasteiger partial charge on any atom is 0.337 e. The summed E-state index contributed by atoms with van der Waals surface area (Å²) in [5.74, 6) is -1.91. The van der Waals surface area contributed by atoms with Gasteiger partial charge < -0.3 is 19.9 Å². The predicted molar refractivity (Wildman–Crippen MR) is 131 cm³/mol. The van der Waals surface area contributed by atoms with E-state index in [1.165, 1.54) is 18.2 Å². The standard InChI is InChI=1S/C27H28N2O7/c1-15(13-18-11-12-35-22-10-5-4-9-21(18)22)36-27(32)24-17(3)28-16(2)23(26(30)31)25(24)19-7-6-8-20(14-19)29(33)34/h4-10,14-15,18,25,28H,11-13H2,1-3H3,(H,30,31). The second-order valence-corrected chi connectivity index (χ2v) is 9.12. The Morgan fingerprint density at radius 2 is 1.89 bits per heavy atom. The number of nitro groups is 1. The minimum atomic E-state index is -1.22. The maximum atomic E-state index is 13.5.